The Balaban J connectivity index is 2.50. The minimum absolute atomic E-state index is 0.757. The summed E-state index contributed by atoms with van der Waals surface area (Å²) in [5.74, 6) is 1.52. The van der Waals surface area contributed by atoms with Gasteiger partial charge in [0.05, 0.1) is 14.2 Å². The maximum absolute atomic E-state index is 5.34. The molecule has 96 valence electrons. The second kappa shape index (κ2) is 5.17. The van der Waals surface area contributed by atoms with Crippen molar-refractivity contribution < 1.29 is 9.47 Å². The van der Waals surface area contributed by atoms with Gasteiger partial charge >= 0.3 is 0 Å². The number of rotatable bonds is 4. The summed E-state index contributed by atoms with van der Waals surface area (Å²) in [5, 5.41) is 0. The molecule has 0 bridgehead atoms. The fourth-order valence-corrected chi connectivity index (χ4v) is 2.24. The zero-order chi connectivity index (χ0) is 13.1. The van der Waals surface area contributed by atoms with Crippen molar-refractivity contribution in [3.8, 4) is 22.8 Å². The zero-order valence-corrected chi connectivity index (χ0v) is 11.4. The lowest BCUT2D eigenvalue weighted by atomic mass is 10.1. The number of methoxy groups -OCH3 is 2. The van der Waals surface area contributed by atoms with E-state index in [0.717, 1.165) is 23.6 Å². The first-order chi connectivity index (χ1) is 8.71. The summed E-state index contributed by atoms with van der Waals surface area (Å²) in [6.07, 6.45) is 0. The quantitative estimate of drug-likeness (QED) is 0.823. The zero-order valence-electron chi connectivity index (χ0n) is 11.4. The minimum atomic E-state index is 0.757. The molecule has 2 aromatic rings. The molecule has 0 amide bonds. The van der Waals surface area contributed by atoms with Crippen molar-refractivity contribution in [2.45, 2.75) is 20.4 Å². The molecule has 0 saturated heterocycles. The van der Waals surface area contributed by atoms with Gasteiger partial charge in [-0.15, -0.1) is 0 Å². The predicted octanol–water partition coefficient (Wildman–Crippen LogP) is 3.50. The van der Waals surface area contributed by atoms with Crippen LogP contribution in [0, 0.1) is 6.92 Å². The second-order valence-corrected chi connectivity index (χ2v) is 4.17. The average Bonchev–Trinajstić information content (AvgIpc) is 2.78. The third-order valence-electron chi connectivity index (χ3n) is 3.19. The van der Waals surface area contributed by atoms with Crippen LogP contribution >= 0.6 is 0 Å². The lowest BCUT2D eigenvalue weighted by Gasteiger charge is -2.12. The Morgan fingerprint density at radius 1 is 1.00 bits per heavy atom. The maximum Gasteiger partial charge on any atom is 0.161 e. The number of benzene rings is 1. The van der Waals surface area contributed by atoms with Gasteiger partial charge in [0.2, 0.25) is 0 Å². The van der Waals surface area contributed by atoms with Crippen LogP contribution in [0.2, 0.25) is 0 Å². The first-order valence-corrected chi connectivity index (χ1v) is 6.09. The van der Waals surface area contributed by atoms with Crippen LogP contribution < -0.4 is 9.47 Å². The van der Waals surface area contributed by atoms with E-state index in [2.05, 4.69) is 36.6 Å². The van der Waals surface area contributed by atoms with E-state index >= 15 is 0 Å². The van der Waals surface area contributed by atoms with Crippen molar-refractivity contribution in [2.24, 2.45) is 0 Å². The van der Waals surface area contributed by atoms with Crippen molar-refractivity contribution in [3.05, 3.63) is 36.0 Å². The van der Waals surface area contributed by atoms with Gasteiger partial charge in [0.1, 0.15) is 0 Å². The van der Waals surface area contributed by atoms with Crippen molar-refractivity contribution in [2.75, 3.05) is 14.2 Å². The molecule has 1 heterocycles. The molecular weight excluding hydrogens is 226 g/mol. The van der Waals surface area contributed by atoms with Crippen LogP contribution in [0.4, 0.5) is 0 Å². The van der Waals surface area contributed by atoms with E-state index in [1.807, 2.05) is 12.1 Å². The molecule has 0 aliphatic heterocycles. The Hall–Kier alpha value is -1.90. The molecule has 0 aliphatic carbocycles. The Labute approximate surface area is 108 Å². The Morgan fingerprint density at radius 2 is 1.72 bits per heavy atom. The molecule has 0 spiro atoms. The summed E-state index contributed by atoms with van der Waals surface area (Å²) in [7, 11) is 3.31. The average molecular weight is 245 g/mol. The van der Waals surface area contributed by atoms with Gasteiger partial charge in [0.25, 0.3) is 0 Å². The molecule has 3 heteroatoms. The van der Waals surface area contributed by atoms with Gasteiger partial charge in [0.15, 0.2) is 11.5 Å². The molecule has 0 radical (unpaired) electrons. The maximum atomic E-state index is 5.34. The molecule has 0 N–H and O–H groups in total. The molecule has 0 fully saturated rings. The third kappa shape index (κ3) is 2.08. The van der Waals surface area contributed by atoms with Crippen LogP contribution in [0.1, 0.15) is 12.6 Å². The number of nitrogens with zero attached hydrogens (tertiary/aromatic N) is 1. The van der Waals surface area contributed by atoms with E-state index in [9.17, 15) is 0 Å². The van der Waals surface area contributed by atoms with Gasteiger partial charge in [0, 0.05) is 23.5 Å². The van der Waals surface area contributed by atoms with Gasteiger partial charge in [-0.1, -0.05) is 0 Å². The minimum Gasteiger partial charge on any atom is -0.493 e. The highest BCUT2D eigenvalue weighted by Crippen LogP contribution is 2.32. The Kier molecular flexibility index (Phi) is 3.60. The lowest BCUT2D eigenvalue weighted by molar-refractivity contribution is 0.355. The lowest BCUT2D eigenvalue weighted by Crippen LogP contribution is -1.99. The van der Waals surface area contributed by atoms with E-state index in [-0.39, 0.29) is 0 Å². The number of hydrogen-bond acceptors (Lipinski definition) is 2. The van der Waals surface area contributed by atoms with Crippen LogP contribution in [-0.4, -0.2) is 18.8 Å². The van der Waals surface area contributed by atoms with Crippen LogP contribution in [-0.2, 0) is 6.54 Å². The van der Waals surface area contributed by atoms with Crippen molar-refractivity contribution in [1.29, 1.82) is 0 Å². The standard InChI is InChI=1S/C15H19NO2/c1-5-16-11(2)6-8-13(16)12-7-9-14(17-3)15(10-12)18-4/h6-10H,5H2,1-4H3. The fraction of sp³-hybridized carbons (Fsp3) is 0.333. The monoisotopic (exact) mass is 245 g/mol. The highest BCUT2D eigenvalue weighted by atomic mass is 16.5. The molecule has 0 saturated carbocycles. The van der Waals surface area contributed by atoms with Crippen LogP contribution in [0.5, 0.6) is 11.5 Å². The smallest absolute Gasteiger partial charge is 0.161 e. The molecule has 2 rings (SSSR count). The largest absolute Gasteiger partial charge is 0.493 e. The molecule has 0 unspecified atom stereocenters. The predicted molar refractivity (Wildman–Crippen MR) is 73.4 cm³/mol. The van der Waals surface area contributed by atoms with Crippen LogP contribution in [0.3, 0.4) is 0 Å². The van der Waals surface area contributed by atoms with Crippen molar-refractivity contribution >= 4 is 0 Å². The molecule has 1 aromatic heterocycles. The Morgan fingerprint density at radius 3 is 2.33 bits per heavy atom. The molecule has 1 aromatic carbocycles. The van der Waals surface area contributed by atoms with Crippen LogP contribution in [0.15, 0.2) is 30.3 Å². The SMILES string of the molecule is CCn1c(C)ccc1-c1ccc(OC)c(OC)c1. The van der Waals surface area contributed by atoms with Gasteiger partial charge in [-0.25, -0.2) is 0 Å². The summed E-state index contributed by atoms with van der Waals surface area (Å²) in [6, 6.07) is 10.3. The van der Waals surface area contributed by atoms with Gasteiger partial charge in [-0.3, -0.25) is 0 Å². The molecule has 18 heavy (non-hydrogen) atoms. The number of aromatic nitrogens is 1. The van der Waals surface area contributed by atoms with E-state index in [0.29, 0.717) is 0 Å². The summed E-state index contributed by atoms with van der Waals surface area (Å²) in [6.45, 7) is 5.23. The summed E-state index contributed by atoms with van der Waals surface area (Å²) >= 11 is 0. The Bertz CT molecular complexity index is 543. The second-order valence-electron chi connectivity index (χ2n) is 4.17. The topological polar surface area (TPSA) is 23.4 Å². The van der Waals surface area contributed by atoms with E-state index in [1.165, 1.54) is 11.4 Å². The van der Waals surface area contributed by atoms with E-state index in [4.69, 9.17) is 9.47 Å². The summed E-state index contributed by atoms with van der Waals surface area (Å²) in [4.78, 5) is 0. The van der Waals surface area contributed by atoms with Crippen LogP contribution in [0.25, 0.3) is 11.3 Å². The van der Waals surface area contributed by atoms with Crippen molar-refractivity contribution in [1.82, 2.24) is 4.57 Å². The highest BCUT2D eigenvalue weighted by molar-refractivity contribution is 5.65. The molecular formula is C15H19NO2. The third-order valence-corrected chi connectivity index (χ3v) is 3.19. The van der Waals surface area contributed by atoms with E-state index < -0.39 is 0 Å². The fourth-order valence-electron chi connectivity index (χ4n) is 2.24. The highest BCUT2D eigenvalue weighted by Gasteiger charge is 2.10. The molecule has 0 atom stereocenters. The first-order valence-electron chi connectivity index (χ1n) is 6.09. The number of hydrogen-bond donors (Lipinski definition) is 0. The molecule has 0 aliphatic rings. The normalized spacial score (nSPS) is 10.4. The molecule has 3 nitrogen and oxygen atoms in total. The number of ether oxygens (including phenoxy) is 2. The summed E-state index contributed by atoms with van der Waals surface area (Å²) < 4.78 is 12.9. The van der Waals surface area contributed by atoms with Crippen molar-refractivity contribution in [3.63, 3.8) is 0 Å². The van der Waals surface area contributed by atoms with E-state index in [1.54, 1.807) is 14.2 Å². The number of aryl methyl sites for hydroxylation is 1. The van der Waals surface area contributed by atoms with Gasteiger partial charge in [-0.05, 0) is 44.2 Å². The first kappa shape index (κ1) is 12.6. The summed E-state index contributed by atoms with van der Waals surface area (Å²) in [5.41, 5.74) is 3.61. The van der Waals surface area contributed by atoms with Gasteiger partial charge < -0.3 is 14.0 Å². The van der Waals surface area contributed by atoms with Gasteiger partial charge in [-0.2, -0.15) is 0 Å².